The molecule has 3 nitrogen and oxygen atoms in total. The van der Waals surface area contributed by atoms with Crippen LogP contribution < -0.4 is 0 Å². The first-order chi connectivity index (χ1) is 7.50. The first-order valence-electron chi connectivity index (χ1n) is 4.69. The van der Waals surface area contributed by atoms with E-state index in [9.17, 15) is 4.79 Å². The van der Waals surface area contributed by atoms with Crippen molar-refractivity contribution in [3.63, 3.8) is 0 Å². The monoisotopic (exact) mass is 236 g/mol. The number of fused-ring (bicyclic) bond motifs is 1. The third-order valence-electron chi connectivity index (χ3n) is 1.77. The zero-order valence-corrected chi connectivity index (χ0v) is 9.88. The quantitative estimate of drug-likeness (QED) is 0.773. The molecule has 0 aliphatic rings. The van der Waals surface area contributed by atoms with E-state index in [1.165, 1.54) is 4.70 Å². The van der Waals surface area contributed by atoms with Crippen molar-refractivity contribution in [1.29, 1.82) is 0 Å². The Morgan fingerprint density at radius 2 is 1.75 bits per heavy atom. The Kier molecular flexibility index (Phi) is 4.19. The van der Waals surface area contributed by atoms with Crippen molar-refractivity contribution in [1.82, 2.24) is 0 Å². The van der Waals surface area contributed by atoms with E-state index in [0.29, 0.717) is 0 Å². The van der Waals surface area contributed by atoms with E-state index in [4.69, 9.17) is 9.90 Å². The predicted molar refractivity (Wildman–Crippen MR) is 65.1 cm³/mol. The van der Waals surface area contributed by atoms with Crippen molar-refractivity contribution in [3.8, 4) is 0 Å². The normalized spacial score (nSPS) is 9.38. The van der Waals surface area contributed by atoms with E-state index in [1.807, 2.05) is 30.3 Å². The summed E-state index contributed by atoms with van der Waals surface area (Å²) < 4.78 is 1.18. The molecule has 0 spiro atoms. The summed E-state index contributed by atoms with van der Waals surface area (Å²) in [6.45, 7) is 2.69. The van der Waals surface area contributed by atoms with Crippen LogP contribution in [0.15, 0.2) is 30.3 Å². The number of ketones is 1. The lowest BCUT2D eigenvalue weighted by atomic mass is 10.2. The molecule has 0 bridgehead atoms. The number of Topliss-reactive ketones (excluding diaryl/α,β-unsaturated/α-hetero) is 1. The van der Waals surface area contributed by atoms with Gasteiger partial charge in [-0.1, -0.05) is 18.2 Å². The molecule has 1 heterocycles. The van der Waals surface area contributed by atoms with Crippen LogP contribution in [0.1, 0.15) is 23.5 Å². The summed E-state index contributed by atoms with van der Waals surface area (Å²) in [5.74, 6) is -0.684. The van der Waals surface area contributed by atoms with Gasteiger partial charge in [-0.05, 0) is 24.4 Å². The Morgan fingerprint density at radius 1 is 1.19 bits per heavy atom. The average molecular weight is 236 g/mol. The summed E-state index contributed by atoms with van der Waals surface area (Å²) in [5, 5.41) is 8.58. The summed E-state index contributed by atoms with van der Waals surface area (Å²) in [6.07, 6.45) is 0. The summed E-state index contributed by atoms with van der Waals surface area (Å²) in [5.41, 5.74) is 0. The van der Waals surface area contributed by atoms with Crippen LogP contribution >= 0.6 is 11.3 Å². The molecule has 0 amide bonds. The summed E-state index contributed by atoms with van der Waals surface area (Å²) >= 11 is 1.56. The van der Waals surface area contributed by atoms with Crippen molar-refractivity contribution in [3.05, 3.63) is 35.2 Å². The fraction of sp³-hybridized carbons (Fsp3) is 0.167. The highest BCUT2D eigenvalue weighted by Gasteiger charge is 2.03. The highest BCUT2D eigenvalue weighted by molar-refractivity contribution is 7.20. The molecule has 0 atom stereocenters. The zero-order chi connectivity index (χ0) is 12.1. The van der Waals surface area contributed by atoms with E-state index in [2.05, 4.69) is 0 Å². The van der Waals surface area contributed by atoms with Gasteiger partial charge in [-0.2, -0.15) is 0 Å². The van der Waals surface area contributed by atoms with Crippen LogP contribution in [0.5, 0.6) is 0 Å². The minimum atomic E-state index is -0.833. The molecular formula is C12H12O3S. The van der Waals surface area contributed by atoms with E-state index in [0.717, 1.165) is 17.2 Å². The van der Waals surface area contributed by atoms with Gasteiger partial charge in [0.2, 0.25) is 0 Å². The molecule has 0 saturated carbocycles. The maximum absolute atomic E-state index is 11.0. The molecule has 4 heteroatoms. The van der Waals surface area contributed by atoms with Crippen LogP contribution in [-0.4, -0.2) is 16.9 Å². The maximum atomic E-state index is 11.0. The maximum Gasteiger partial charge on any atom is 0.300 e. The fourth-order valence-electron chi connectivity index (χ4n) is 1.16. The third kappa shape index (κ3) is 3.47. The minimum Gasteiger partial charge on any atom is -0.481 e. The number of carbonyl (C=O) groups excluding carboxylic acids is 1. The molecule has 2 rings (SSSR count). The van der Waals surface area contributed by atoms with Gasteiger partial charge in [0.25, 0.3) is 5.97 Å². The Bertz CT molecular complexity index is 477. The topological polar surface area (TPSA) is 54.4 Å². The molecule has 2 aromatic rings. The van der Waals surface area contributed by atoms with Crippen molar-refractivity contribution < 1.29 is 14.7 Å². The lowest BCUT2D eigenvalue weighted by Gasteiger charge is -1.82. The highest BCUT2D eigenvalue weighted by Crippen LogP contribution is 2.25. The molecule has 0 saturated heterocycles. The minimum absolute atomic E-state index is 0.149. The number of aliphatic carboxylic acids is 1. The number of thiophene rings is 1. The lowest BCUT2D eigenvalue weighted by molar-refractivity contribution is -0.134. The standard InChI is InChI=1S/C10H8OS.C2H4O2/c1-7(11)10-6-8-4-2-3-5-9(8)12-10;1-2(3)4/h2-6H,1H3;1H3,(H,3,4). The Hall–Kier alpha value is -1.68. The zero-order valence-electron chi connectivity index (χ0n) is 9.06. The van der Waals surface area contributed by atoms with Crippen LogP contribution in [0.2, 0.25) is 0 Å². The number of benzene rings is 1. The number of hydrogen-bond acceptors (Lipinski definition) is 3. The molecule has 0 aliphatic heterocycles. The molecule has 0 aliphatic carbocycles. The van der Waals surface area contributed by atoms with Crippen molar-refractivity contribution in [2.45, 2.75) is 13.8 Å². The summed E-state index contributed by atoms with van der Waals surface area (Å²) in [6, 6.07) is 9.98. The second-order valence-electron chi connectivity index (χ2n) is 3.22. The summed E-state index contributed by atoms with van der Waals surface area (Å²) in [4.78, 5) is 20.9. The fourth-order valence-corrected chi connectivity index (χ4v) is 2.11. The Labute approximate surface area is 97.3 Å². The van der Waals surface area contributed by atoms with Crippen LogP contribution in [0, 0.1) is 0 Å². The number of carbonyl (C=O) groups is 2. The third-order valence-corrected chi connectivity index (χ3v) is 2.99. The van der Waals surface area contributed by atoms with Gasteiger partial charge in [-0.15, -0.1) is 11.3 Å². The molecule has 84 valence electrons. The van der Waals surface area contributed by atoms with Crippen LogP contribution in [-0.2, 0) is 4.79 Å². The molecule has 1 N–H and O–H groups in total. The highest BCUT2D eigenvalue weighted by atomic mass is 32.1. The van der Waals surface area contributed by atoms with Gasteiger partial charge in [0.05, 0.1) is 4.88 Å². The molecule has 0 unspecified atom stereocenters. The smallest absolute Gasteiger partial charge is 0.300 e. The number of carboxylic acids is 1. The van der Waals surface area contributed by atoms with E-state index in [1.54, 1.807) is 18.3 Å². The van der Waals surface area contributed by atoms with Gasteiger partial charge in [-0.25, -0.2) is 0 Å². The molecule has 16 heavy (non-hydrogen) atoms. The molecule has 1 aromatic carbocycles. The number of carboxylic acid groups (broad SMARTS) is 1. The van der Waals surface area contributed by atoms with E-state index < -0.39 is 5.97 Å². The van der Waals surface area contributed by atoms with Crippen LogP contribution in [0.4, 0.5) is 0 Å². The van der Waals surface area contributed by atoms with E-state index in [-0.39, 0.29) is 5.78 Å². The van der Waals surface area contributed by atoms with Gasteiger partial charge in [0.15, 0.2) is 5.78 Å². The van der Waals surface area contributed by atoms with Gasteiger partial charge >= 0.3 is 0 Å². The second-order valence-corrected chi connectivity index (χ2v) is 4.31. The van der Waals surface area contributed by atoms with Gasteiger partial charge in [0.1, 0.15) is 0 Å². The van der Waals surface area contributed by atoms with E-state index >= 15 is 0 Å². The average Bonchev–Trinajstić information content (AvgIpc) is 2.59. The van der Waals surface area contributed by atoms with Crippen LogP contribution in [0.3, 0.4) is 0 Å². The largest absolute Gasteiger partial charge is 0.481 e. The first kappa shape index (κ1) is 12.4. The SMILES string of the molecule is CC(=O)O.CC(=O)c1cc2ccccc2s1. The predicted octanol–water partition coefficient (Wildman–Crippen LogP) is 3.19. The van der Waals surface area contributed by atoms with Crippen molar-refractivity contribution in [2.75, 3.05) is 0 Å². The van der Waals surface area contributed by atoms with Crippen LogP contribution in [0.25, 0.3) is 10.1 Å². The summed E-state index contributed by atoms with van der Waals surface area (Å²) in [7, 11) is 0. The molecule has 1 aromatic heterocycles. The molecule has 0 fully saturated rings. The Morgan fingerprint density at radius 3 is 2.25 bits per heavy atom. The lowest BCUT2D eigenvalue weighted by Crippen LogP contribution is -1.83. The molecule has 0 radical (unpaired) electrons. The van der Waals surface area contributed by atoms with Gasteiger partial charge < -0.3 is 5.11 Å². The first-order valence-corrected chi connectivity index (χ1v) is 5.51. The second kappa shape index (κ2) is 5.42. The van der Waals surface area contributed by atoms with Gasteiger partial charge in [0, 0.05) is 11.6 Å². The Balaban J connectivity index is 0.000000280. The van der Waals surface area contributed by atoms with Crippen molar-refractivity contribution in [2.24, 2.45) is 0 Å². The number of hydrogen-bond donors (Lipinski definition) is 1. The van der Waals surface area contributed by atoms with Gasteiger partial charge in [-0.3, -0.25) is 9.59 Å². The number of rotatable bonds is 1. The molecular weight excluding hydrogens is 224 g/mol. The van der Waals surface area contributed by atoms with Crippen molar-refractivity contribution >= 4 is 33.2 Å².